The number of anilines is 1. The number of halogens is 1. The van der Waals surface area contributed by atoms with Gasteiger partial charge in [-0.15, -0.1) is 0 Å². The Bertz CT molecular complexity index is 718. The fourth-order valence-electron chi connectivity index (χ4n) is 3.04. The second kappa shape index (κ2) is 8.22. The molecule has 1 aliphatic heterocycles. The van der Waals surface area contributed by atoms with Gasteiger partial charge in [-0.25, -0.2) is 9.59 Å². The second-order valence-electron chi connectivity index (χ2n) is 6.15. The Kier molecular flexibility index (Phi) is 6.25. The third-order valence-corrected chi connectivity index (χ3v) is 4.97. The van der Waals surface area contributed by atoms with Gasteiger partial charge in [0.25, 0.3) is 5.69 Å². The number of hydrogen-bond acceptors (Lipinski definition) is 6. The highest BCUT2D eigenvalue weighted by atomic mass is 35.5. The number of benzene rings is 1. The van der Waals surface area contributed by atoms with E-state index in [0.29, 0.717) is 25.9 Å². The standard InChI is InChI=1S/C16H20ClN3O6/c1-9(10-3-5-19(6-4-10)16(22)23)18-12-7-11(15(21)26-2)8-13(14(12)17)20(24)25/h7-10,18H,3-6H2,1-2H3,(H,22,23)/t9-/m0/s1. The minimum Gasteiger partial charge on any atom is -0.465 e. The van der Waals surface area contributed by atoms with Crippen LogP contribution in [-0.2, 0) is 4.74 Å². The van der Waals surface area contributed by atoms with E-state index in [2.05, 4.69) is 10.1 Å². The van der Waals surface area contributed by atoms with E-state index in [1.807, 2.05) is 6.92 Å². The van der Waals surface area contributed by atoms with Crippen molar-refractivity contribution in [2.45, 2.75) is 25.8 Å². The summed E-state index contributed by atoms with van der Waals surface area (Å²) in [5.74, 6) is -0.530. The first-order chi connectivity index (χ1) is 12.2. The maximum Gasteiger partial charge on any atom is 0.407 e. The van der Waals surface area contributed by atoms with E-state index in [9.17, 15) is 19.7 Å². The van der Waals surface area contributed by atoms with Crippen molar-refractivity contribution in [1.82, 2.24) is 4.90 Å². The highest BCUT2D eigenvalue weighted by molar-refractivity contribution is 6.35. The van der Waals surface area contributed by atoms with Gasteiger partial charge >= 0.3 is 12.1 Å². The fourth-order valence-corrected chi connectivity index (χ4v) is 3.27. The lowest BCUT2D eigenvalue weighted by atomic mass is 9.90. The van der Waals surface area contributed by atoms with Crippen LogP contribution in [0.25, 0.3) is 0 Å². The number of amides is 1. The van der Waals surface area contributed by atoms with Crippen LogP contribution in [0.2, 0.25) is 5.02 Å². The molecule has 0 radical (unpaired) electrons. The van der Waals surface area contributed by atoms with Crippen LogP contribution in [0.4, 0.5) is 16.2 Å². The van der Waals surface area contributed by atoms with E-state index in [-0.39, 0.29) is 33.9 Å². The molecule has 0 saturated carbocycles. The zero-order chi connectivity index (χ0) is 19.4. The lowest BCUT2D eigenvalue weighted by Crippen LogP contribution is -2.41. The number of rotatable bonds is 5. The number of nitrogens with one attached hydrogen (secondary N) is 1. The van der Waals surface area contributed by atoms with Crippen molar-refractivity contribution in [3.05, 3.63) is 32.8 Å². The van der Waals surface area contributed by atoms with Crippen molar-refractivity contribution in [2.24, 2.45) is 5.92 Å². The lowest BCUT2D eigenvalue weighted by Gasteiger charge is -2.34. The monoisotopic (exact) mass is 385 g/mol. The molecule has 10 heteroatoms. The van der Waals surface area contributed by atoms with E-state index >= 15 is 0 Å². The molecule has 1 atom stereocenters. The van der Waals surface area contributed by atoms with Crippen molar-refractivity contribution >= 4 is 35.0 Å². The number of piperidine rings is 1. The van der Waals surface area contributed by atoms with Crippen LogP contribution in [0.3, 0.4) is 0 Å². The Morgan fingerprint density at radius 1 is 1.42 bits per heavy atom. The molecule has 0 bridgehead atoms. The van der Waals surface area contributed by atoms with Crippen LogP contribution in [0.1, 0.15) is 30.1 Å². The molecular formula is C16H20ClN3O6. The molecule has 26 heavy (non-hydrogen) atoms. The molecule has 1 aromatic carbocycles. The van der Waals surface area contributed by atoms with Crippen LogP contribution in [0, 0.1) is 16.0 Å². The van der Waals surface area contributed by atoms with Gasteiger partial charge in [-0.1, -0.05) is 11.6 Å². The zero-order valence-corrected chi connectivity index (χ0v) is 15.2. The molecule has 1 aromatic rings. The first kappa shape index (κ1) is 19.8. The van der Waals surface area contributed by atoms with Gasteiger partial charge in [0, 0.05) is 25.2 Å². The van der Waals surface area contributed by atoms with Crippen LogP contribution in [0.15, 0.2) is 12.1 Å². The van der Waals surface area contributed by atoms with Gasteiger partial charge in [-0.2, -0.15) is 0 Å². The molecule has 9 nitrogen and oxygen atoms in total. The average Bonchev–Trinajstić information content (AvgIpc) is 2.62. The Hall–Kier alpha value is -2.55. The molecule has 1 heterocycles. The van der Waals surface area contributed by atoms with Crippen molar-refractivity contribution < 1.29 is 24.4 Å². The van der Waals surface area contributed by atoms with Gasteiger partial charge < -0.3 is 20.1 Å². The van der Waals surface area contributed by atoms with Gasteiger partial charge in [-0.3, -0.25) is 10.1 Å². The molecule has 0 aromatic heterocycles. The zero-order valence-electron chi connectivity index (χ0n) is 14.4. The van der Waals surface area contributed by atoms with E-state index in [1.54, 1.807) is 0 Å². The Balaban J connectivity index is 2.20. The van der Waals surface area contributed by atoms with E-state index < -0.39 is 17.0 Å². The number of nitro groups is 1. The normalized spacial score (nSPS) is 16.0. The summed E-state index contributed by atoms with van der Waals surface area (Å²) in [6, 6.07) is 2.38. The summed E-state index contributed by atoms with van der Waals surface area (Å²) in [5, 5.41) is 23.3. The summed E-state index contributed by atoms with van der Waals surface area (Å²) in [6.45, 7) is 2.76. The summed E-state index contributed by atoms with van der Waals surface area (Å²) in [5.41, 5.74) is -0.0848. The van der Waals surface area contributed by atoms with Crippen LogP contribution >= 0.6 is 11.6 Å². The Labute approximate surface area is 155 Å². The number of methoxy groups -OCH3 is 1. The Morgan fingerprint density at radius 2 is 2.04 bits per heavy atom. The third kappa shape index (κ3) is 4.34. The number of esters is 1. The molecule has 2 rings (SSSR count). The van der Waals surface area contributed by atoms with Gasteiger partial charge in [0.05, 0.1) is 23.3 Å². The molecule has 1 aliphatic rings. The van der Waals surface area contributed by atoms with Gasteiger partial charge in [0.1, 0.15) is 5.02 Å². The maximum absolute atomic E-state index is 11.8. The summed E-state index contributed by atoms with van der Waals surface area (Å²) < 4.78 is 4.63. The number of hydrogen-bond donors (Lipinski definition) is 2. The highest BCUT2D eigenvalue weighted by Crippen LogP contribution is 2.35. The van der Waals surface area contributed by atoms with Crippen LogP contribution in [-0.4, -0.2) is 53.2 Å². The van der Waals surface area contributed by atoms with Crippen LogP contribution in [0.5, 0.6) is 0 Å². The number of nitrogens with zero attached hydrogens (tertiary/aromatic N) is 2. The van der Waals surface area contributed by atoms with Gasteiger partial charge in [0.2, 0.25) is 0 Å². The predicted octanol–water partition coefficient (Wildman–Crippen LogP) is 3.23. The molecule has 1 amide bonds. The topological polar surface area (TPSA) is 122 Å². The fraction of sp³-hybridized carbons (Fsp3) is 0.500. The number of ether oxygens (including phenoxy) is 1. The summed E-state index contributed by atoms with van der Waals surface area (Å²) in [7, 11) is 1.19. The van der Waals surface area contributed by atoms with Crippen molar-refractivity contribution in [1.29, 1.82) is 0 Å². The van der Waals surface area contributed by atoms with Crippen molar-refractivity contribution in [2.75, 3.05) is 25.5 Å². The number of likely N-dealkylation sites (tertiary alicyclic amines) is 1. The quantitative estimate of drug-likeness (QED) is 0.453. The summed E-state index contributed by atoms with van der Waals surface area (Å²) >= 11 is 6.13. The third-order valence-electron chi connectivity index (χ3n) is 4.57. The number of carboxylic acid groups (broad SMARTS) is 1. The molecule has 0 aliphatic carbocycles. The average molecular weight is 386 g/mol. The predicted molar refractivity (Wildman–Crippen MR) is 94.9 cm³/mol. The highest BCUT2D eigenvalue weighted by Gasteiger charge is 2.28. The number of carbonyl (C=O) groups is 2. The van der Waals surface area contributed by atoms with E-state index in [0.717, 1.165) is 6.07 Å². The smallest absolute Gasteiger partial charge is 0.407 e. The minimum absolute atomic E-state index is 0.0268. The second-order valence-corrected chi connectivity index (χ2v) is 6.52. The SMILES string of the molecule is COC(=O)c1cc(N[C@@H](C)C2CCN(C(=O)O)CC2)c(Cl)c([N+](=O)[O-])c1. The summed E-state index contributed by atoms with van der Waals surface area (Å²) in [6.07, 6.45) is 0.391. The molecule has 1 saturated heterocycles. The molecular weight excluding hydrogens is 366 g/mol. The minimum atomic E-state index is -0.937. The molecule has 142 valence electrons. The molecule has 0 spiro atoms. The number of carbonyl (C=O) groups excluding carboxylic acids is 1. The van der Waals surface area contributed by atoms with Crippen molar-refractivity contribution in [3.63, 3.8) is 0 Å². The Morgan fingerprint density at radius 3 is 2.54 bits per heavy atom. The lowest BCUT2D eigenvalue weighted by molar-refractivity contribution is -0.384. The van der Waals surface area contributed by atoms with Gasteiger partial charge in [0.15, 0.2) is 0 Å². The van der Waals surface area contributed by atoms with Gasteiger partial charge in [-0.05, 0) is 31.7 Å². The van der Waals surface area contributed by atoms with Crippen molar-refractivity contribution in [3.8, 4) is 0 Å². The first-order valence-electron chi connectivity index (χ1n) is 8.05. The largest absolute Gasteiger partial charge is 0.465 e. The van der Waals surface area contributed by atoms with E-state index in [1.165, 1.54) is 18.1 Å². The molecule has 1 fully saturated rings. The summed E-state index contributed by atoms with van der Waals surface area (Å²) in [4.78, 5) is 34.7. The maximum atomic E-state index is 11.8. The first-order valence-corrected chi connectivity index (χ1v) is 8.43. The molecule has 2 N–H and O–H groups in total. The molecule has 0 unspecified atom stereocenters. The van der Waals surface area contributed by atoms with Crippen LogP contribution < -0.4 is 5.32 Å². The number of nitro benzene ring substituents is 1. The van der Waals surface area contributed by atoms with E-state index in [4.69, 9.17) is 16.7 Å².